The summed E-state index contributed by atoms with van der Waals surface area (Å²) in [7, 11) is 2.30. The fourth-order valence-corrected chi connectivity index (χ4v) is 5.30. The summed E-state index contributed by atoms with van der Waals surface area (Å²) in [4.78, 5) is 5.16. The maximum atomic E-state index is 3.71. The lowest BCUT2D eigenvalue weighted by Gasteiger charge is -2.47. The highest BCUT2D eigenvalue weighted by Gasteiger charge is 2.37. The summed E-state index contributed by atoms with van der Waals surface area (Å²) in [6.45, 7) is 8.57. The molecule has 0 saturated carbocycles. The average molecular weight is 342 g/mol. The van der Waals surface area contributed by atoms with Crippen LogP contribution in [-0.4, -0.2) is 44.7 Å². The van der Waals surface area contributed by atoms with Crippen LogP contribution in [0.1, 0.15) is 57.1 Å². The largest absolute Gasteiger partial charge is 0.371 e. The zero-order chi connectivity index (χ0) is 17.3. The fourth-order valence-electron chi connectivity index (χ4n) is 5.30. The minimum Gasteiger partial charge on any atom is -0.371 e. The monoisotopic (exact) mass is 341 g/mol. The molecule has 0 unspecified atom stereocenters. The molecule has 1 spiro atoms. The van der Waals surface area contributed by atoms with Gasteiger partial charge in [-0.15, -0.1) is 0 Å². The second-order valence-corrected chi connectivity index (χ2v) is 9.06. The Morgan fingerprint density at radius 3 is 2.40 bits per heavy atom. The number of piperidine rings is 3. The number of nitrogens with one attached hydrogen (secondary N) is 1. The highest BCUT2D eigenvalue weighted by Crippen LogP contribution is 2.40. The highest BCUT2D eigenvalue weighted by molar-refractivity contribution is 5.48. The molecule has 1 aromatic rings. The maximum Gasteiger partial charge on any atom is 0.0366 e. The van der Waals surface area contributed by atoms with Gasteiger partial charge >= 0.3 is 0 Å². The summed E-state index contributed by atoms with van der Waals surface area (Å²) in [6, 6.07) is 10.0. The van der Waals surface area contributed by atoms with Crippen LogP contribution in [0.2, 0.25) is 0 Å². The van der Waals surface area contributed by atoms with Gasteiger partial charge in [0.2, 0.25) is 0 Å². The topological polar surface area (TPSA) is 18.5 Å². The second-order valence-electron chi connectivity index (χ2n) is 9.06. The molecule has 138 valence electrons. The van der Waals surface area contributed by atoms with Crippen molar-refractivity contribution in [2.75, 3.05) is 44.7 Å². The molecular weight excluding hydrogens is 306 g/mol. The Morgan fingerprint density at radius 1 is 1.00 bits per heavy atom. The normalized spacial score (nSPS) is 30.6. The van der Waals surface area contributed by atoms with Crippen LogP contribution < -0.4 is 10.2 Å². The first-order valence-electron chi connectivity index (χ1n) is 10.4. The molecular formula is C22H35N3. The second kappa shape index (κ2) is 7.28. The van der Waals surface area contributed by atoms with E-state index in [-0.39, 0.29) is 0 Å². The van der Waals surface area contributed by atoms with Gasteiger partial charge in [-0.2, -0.15) is 0 Å². The smallest absolute Gasteiger partial charge is 0.0366 e. The van der Waals surface area contributed by atoms with E-state index in [9.17, 15) is 0 Å². The van der Waals surface area contributed by atoms with Crippen LogP contribution in [0, 0.1) is 11.3 Å². The number of benzene rings is 1. The van der Waals surface area contributed by atoms with Crippen LogP contribution in [0.5, 0.6) is 0 Å². The van der Waals surface area contributed by atoms with Crippen molar-refractivity contribution in [2.45, 2.75) is 51.5 Å². The van der Waals surface area contributed by atoms with Gasteiger partial charge < -0.3 is 15.1 Å². The van der Waals surface area contributed by atoms with Gasteiger partial charge in [-0.05, 0) is 87.7 Å². The van der Waals surface area contributed by atoms with Crippen LogP contribution in [0.25, 0.3) is 0 Å². The van der Waals surface area contributed by atoms with Crippen molar-refractivity contribution in [3.8, 4) is 0 Å². The number of anilines is 1. The lowest BCUT2D eigenvalue weighted by molar-refractivity contribution is 0.0822. The molecule has 3 aliphatic rings. The molecule has 3 saturated heterocycles. The molecule has 3 fully saturated rings. The predicted octanol–water partition coefficient (Wildman–Crippen LogP) is 4.06. The fraction of sp³-hybridized carbons (Fsp3) is 0.727. The first kappa shape index (κ1) is 17.4. The molecule has 3 heterocycles. The van der Waals surface area contributed by atoms with Crippen molar-refractivity contribution < 1.29 is 0 Å². The summed E-state index contributed by atoms with van der Waals surface area (Å²) in [5.74, 6) is 0.829. The van der Waals surface area contributed by atoms with Gasteiger partial charge in [0.25, 0.3) is 0 Å². The number of likely N-dealkylation sites (tertiary alicyclic amines) is 1. The van der Waals surface area contributed by atoms with Gasteiger partial charge in [0.15, 0.2) is 0 Å². The van der Waals surface area contributed by atoms with Crippen molar-refractivity contribution in [3.05, 3.63) is 29.8 Å². The van der Waals surface area contributed by atoms with Crippen molar-refractivity contribution in [2.24, 2.45) is 11.3 Å². The Labute approximate surface area is 153 Å². The van der Waals surface area contributed by atoms with Crippen LogP contribution >= 0.6 is 0 Å². The Bertz CT molecular complexity index is 551. The maximum absolute atomic E-state index is 3.71. The van der Waals surface area contributed by atoms with Gasteiger partial charge in [-0.25, -0.2) is 0 Å². The minimum atomic E-state index is 0.563. The Hall–Kier alpha value is -1.06. The summed E-state index contributed by atoms with van der Waals surface area (Å²) in [5.41, 5.74) is 3.50. The third kappa shape index (κ3) is 3.88. The molecule has 1 aromatic carbocycles. The van der Waals surface area contributed by atoms with E-state index in [4.69, 9.17) is 0 Å². The highest BCUT2D eigenvalue weighted by atomic mass is 15.2. The first-order chi connectivity index (χ1) is 12.1. The third-order valence-electron chi connectivity index (χ3n) is 7.00. The molecule has 3 nitrogen and oxygen atoms in total. The number of hydrogen-bond donors (Lipinski definition) is 1. The van der Waals surface area contributed by atoms with Crippen LogP contribution in [-0.2, 0) is 0 Å². The van der Waals surface area contributed by atoms with Crippen molar-refractivity contribution in [1.29, 1.82) is 0 Å². The van der Waals surface area contributed by atoms with Crippen molar-refractivity contribution in [3.63, 3.8) is 0 Å². The summed E-state index contributed by atoms with van der Waals surface area (Å²) >= 11 is 0. The van der Waals surface area contributed by atoms with E-state index in [1.165, 1.54) is 76.0 Å². The van der Waals surface area contributed by atoms with Crippen molar-refractivity contribution >= 4 is 5.69 Å². The van der Waals surface area contributed by atoms with Crippen molar-refractivity contribution in [1.82, 2.24) is 10.2 Å². The van der Waals surface area contributed by atoms with E-state index < -0.39 is 0 Å². The Kier molecular flexibility index (Phi) is 5.06. The summed E-state index contributed by atoms with van der Waals surface area (Å²) in [6.07, 6.45) is 8.18. The van der Waals surface area contributed by atoms with Gasteiger partial charge in [-0.1, -0.05) is 19.1 Å². The quantitative estimate of drug-likeness (QED) is 0.875. The van der Waals surface area contributed by atoms with E-state index in [2.05, 4.69) is 53.4 Å². The average Bonchev–Trinajstić information content (AvgIpc) is 2.63. The first-order valence-corrected chi connectivity index (χ1v) is 10.4. The predicted molar refractivity (Wildman–Crippen MR) is 106 cm³/mol. The zero-order valence-corrected chi connectivity index (χ0v) is 16.1. The molecule has 0 aromatic heterocycles. The molecule has 0 aliphatic carbocycles. The lowest BCUT2D eigenvalue weighted by atomic mass is 9.72. The number of nitrogens with zero attached hydrogens (tertiary/aromatic N) is 2. The van der Waals surface area contributed by atoms with E-state index in [1.54, 1.807) is 0 Å². The molecule has 3 aliphatic heterocycles. The SMILES string of the molecule is C[C@@H]1CC[C@@H](c2ccc(N3CCC4(CCCN(C)C4)CC3)cc2)NC1. The number of hydrogen-bond acceptors (Lipinski definition) is 3. The zero-order valence-electron chi connectivity index (χ0n) is 16.1. The molecule has 25 heavy (non-hydrogen) atoms. The van der Waals surface area contributed by atoms with Crippen LogP contribution in [0.4, 0.5) is 5.69 Å². The van der Waals surface area contributed by atoms with Gasteiger partial charge in [0.1, 0.15) is 0 Å². The summed E-state index contributed by atoms with van der Waals surface area (Å²) in [5, 5.41) is 3.71. The van der Waals surface area contributed by atoms with Crippen LogP contribution in [0.15, 0.2) is 24.3 Å². The van der Waals surface area contributed by atoms with E-state index >= 15 is 0 Å². The standard InChI is InChI=1S/C22H35N3/c1-18-4-9-21(23-16-18)19-5-7-20(8-6-19)25-14-11-22(12-15-25)10-3-13-24(2)17-22/h5-8,18,21,23H,3-4,9-17H2,1-2H3/t18-,21+/m1/s1. The third-order valence-corrected chi connectivity index (χ3v) is 7.00. The van der Waals surface area contributed by atoms with E-state index in [0.29, 0.717) is 11.5 Å². The van der Waals surface area contributed by atoms with Gasteiger partial charge in [0, 0.05) is 31.4 Å². The molecule has 2 atom stereocenters. The molecule has 0 radical (unpaired) electrons. The van der Waals surface area contributed by atoms with Gasteiger partial charge in [0.05, 0.1) is 0 Å². The Balaban J connectivity index is 1.35. The molecule has 3 heteroatoms. The summed E-state index contributed by atoms with van der Waals surface area (Å²) < 4.78 is 0. The van der Waals surface area contributed by atoms with Crippen LogP contribution in [0.3, 0.4) is 0 Å². The van der Waals surface area contributed by atoms with Gasteiger partial charge in [-0.3, -0.25) is 0 Å². The number of rotatable bonds is 2. The van der Waals surface area contributed by atoms with E-state index in [1.807, 2.05) is 0 Å². The molecule has 0 bridgehead atoms. The Morgan fingerprint density at radius 2 is 1.76 bits per heavy atom. The molecule has 0 amide bonds. The molecule has 4 rings (SSSR count). The van der Waals surface area contributed by atoms with E-state index in [0.717, 1.165) is 12.5 Å². The minimum absolute atomic E-state index is 0.563. The molecule has 1 N–H and O–H groups in total. The lowest BCUT2D eigenvalue weighted by Crippen LogP contribution is -2.48.